The van der Waals surface area contributed by atoms with E-state index >= 15 is 0 Å². The molecule has 0 radical (unpaired) electrons. The van der Waals surface area contributed by atoms with Gasteiger partial charge in [0.2, 0.25) is 0 Å². The maximum absolute atomic E-state index is 12.2. The fourth-order valence-corrected chi connectivity index (χ4v) is 2.09. The van der Waals surface area contributed by atoms with Gasteiger partial charge in [-0.1, -0.05) is 6.07 Å². The normalized spacial score (nSPS) is 10.7. The zero-order valence-electron chi connectivity index (χ0n) is 13.9. The van der Waals surface area contributed by atoms with E-state index in [4.69, 9.17) is 13.9 Å². The Bertz CT molecular complexity index is 785. The summed E-state index contributed by atoms with van der Waals surface area (Å²) in [5.74, 6) is 0.781. The van der Waals surface area contributed by atoms with Gasteiger partial charge in [0.25, 0.3) is 0 Å². The maximum atomic E-state index is 12.2. The Morgan fingerprint density at radius 2 is 1.83 bits per heavy atom. The number of ether oxygens (including phenoxy) is 3. The van der Waals surface area contributed by atoms with Crippen molar-refractivity contribution in [1.29, 1.82) is 0 Å². The molecular weight excluding hydrogens is 312 g/mol. The minimum Gasteiger partial charge on any atom is -0.493 e. The minimum absolute atomic E-state index is 0.274. The lowest BCUT2D eigenvalue weighted by molar-refractivity contribution is -0.134. The van der Waals surface area contributed by atoms with Crippen molar-refractivity contribution in [2.75, 3.05) is 14.2 Å². The van der Waals surface area contributed by atoms with Gasteiger partial charge in [-0.05, 0) is 43.7 Å². The van der Waals surface area contributed by atoms with E-state index in [1.54, 1.807) is 44.2 Å². The van der Waals surface area contributed by atoms with Crippen LogP contribution in [0, 0.1) is 13.8 Å². The molecule has 1 heterocycles. The van der Waals surface area contributed by atoms with Gasteiger partial charge in [0.1, 0.15) is 17.1 Å². The molecule has 6 heteroatoms. The third-order valence-electron chi connectivity index (χ3n) is 3.26. The van der Waals surface area contributed by atoms with E-state index in [1.807, 2.05) is 0 Å². The van der Waals surface area contributed by atoms with Crippen molar-refractivity contribution >= 4 is 18.0 Å². The number of carbonyl (C=O) groups excluding carboxylic acids is 2. The van der Waals surface area contributed by atoms with E-state index in [9.17, 15) is 9.59 Å². The van der Waals surface area contributed by atoms with E-state index in [0.29, 0.717) is 28.4 Å². The van der Waals surface area contributed by atoms with Crippen molar-refractivity contribution in [3.8, 4) is 11.5 Å². The molecule has 6 nitrogen and oxygen atoms in total. The minimum atomic E-state index is -0.527. The fourth-order valence-electron chi connectivity index (χ4n) is 2.09. The number of benzene rings is 1. The van der Waals surface area contributed by atoms with Gasteiger partial charge >= 0.3 is 11.9 Å². The predicted octanol–water partition coefficient (Wildman–Crippen LogP) is 3.31. The van der Waals surface area contributed by atoms with Gasteiger partial charge < -0.3 is 18.6 Å². The maximum Gasteiger partial charge on any atom is 0.347 e. The smallest absolute Gasteiger partial charge is 0.347 e. The van der Waals surface area contributed by atoms with Crippen LogP contribution in [0.5, 0.6) is 11.5 Å². The number of hydrogen-bond acceptors (Lipinski definition) is 6. The van der Waals surface area contributed by atoms with Crippen LogP contribution in [0.4, 0.5) is 0 Å². The van der Waals surface area contributed by atoms with Crippen LogP contribution < -0.4 is 9.47 Å². The molecule has 2 aromatic rings. The lowest BCUT2D eigenvalue weighted by Crippen LogP contribution is -2.09. The first-order chi connectivity index (χ1) is 11.4. The molecule has 0 aliphatic heterocycles. The summed E-state index contributed by atoms with van der Waals surface area (Å²) in [6, 6.07) is 6.56. The predicted molar refractivity (Wildman–Crippen MR) is 87.2 cm³/mol. The summed E-state index contributed by atoms with van der Waals surface area (Å²) >= 11 is 0. The molecule has 1 aromatic heterocycles. The Balaban J connectivity index is 2.21. The largest absolute Gasteiger partial charge is 0.493 e. The number of hydrogen-bond donors (Lipinski definition) is 0. The lowest BCUT2D eigenvalue weighted by Gasteiger charge is -2.09. The van der Waals surface area contributed by atoms with Crippen molar-refractivity contribution in [1.82, 2.24) is 0 Å². The van der Waals surface area contributed by atoms with Crippen LogP contribution in [0.15, 0.2) is 34.8 Å². The van der Waals surface area contributed by atoms with E-state index in [0.717, 1.165) is 0 Å². The second-order valence-electron chi connectivity index (χ2n) is 4.98. The van der Waals surface area contributed by atoms with E-state index in [1.165, 1.54) is 20.3 Å². The fraction of sp³-hybridized carbons (Fsp3) is 0.222. The third kappa shape index (κ3) is 4.04. The highest BCUT2D eigenvalue weighted by Crippen LogP contribution is 2.30. The molecule has 0 aliphatic carbocycles. The summed E-state index contributed by atoms with van der Waals surface area (Å²) in [5.41, 5.74) is 1.07. The summed E-state index contributed by atoms with van der Waals surface area (Å²) < 4.78 is 20.5. The van der Waals surface area contributed by atoms with Crippen LogP contribution in [0.3, 0.4) is 0 Å². The summed E-state index contributed by atoms with van der Waals surface area (Å²) in [6.07, 6.45) is 2.86. The molecule has 24 heavy (non-hydrogen) atoms. The third-order valence-corrected chi connectivity index (χ3v) is 3.26. The first kappa shape index (κ1) is 17.3. The molecule has 0 bridgehead atoms. The zero-order valence-corrected chi connectivity index (χ0v) is 13.9. The molecule has 0 amide bonds. The van der Waals surface area contributed by atoms with Crippen LogP contribution in [-0.4, -0.2) is 26.2 Å². The second-order valence-corrected chi connectivity index (χ2v) is 4.98. The molecule has 126 valence electrons. The molecule has 0 N–H and O–H groups in total. The summed E-state index contributed by atoms with van der Waals surface area (Å²) in [5, 5.41) is 0. The average molecular weight is 330 g/mol. The molecule has 0 atom stereocenters. The first-order valence-electron chi connectivity index (χ1n) is 7.18. The Morgan fingerprint density at radius 3 is 2.42 bits per heavy atom. The SMILES string of the molecule is COC(=O)/C=C\c1ccc(OC(=O)c2cc(C)oc2C)c(OC)c1. The van der Waals surface area contributed by atoms with Gasteiger partial charge in [-0.3, -0.25) is 0 Å². The average Bonchev–Trinajstić information content (AvgIpc) is 2.91. The number of esters is 2. The Labute approximate surface area is 139 Å². The number of rotatable bonds is 5. The monoisotopic (exact) mass is 330 g/mol. The standard InChI is InChI=1S/C18H18O6/c1-11-9-14(12(2)23-11)18(20)24-15-7-5-13(10-16(15)21-3)6-8-17(19)22-4/h5-10H,1-4H3/b8-6-. The lowest BCUT2D eigenvalue weighted by atomic mass is 10.2. The molecule has 0 saturated carbocycles. The highest BCUT2D eigenvalue weighted by Gasteiger charge is 2.17. The van der Waals surface area contributed by atoms with Gasteiger partial charge in [-0.2, -0.15) is 0 Å². The molecule has 0 fully saturated rings. The Kier molecular flexibility index (Phi) is 5.42. The van der Waals surface area contributed by atoms with E-state index in [2.05, 4.69) is 4.74 Å². The molecule has 2 rings (SSSR count). The highest BCUT2D eigenvalue weighted by atomic mass is 16.6. The van der Waals surface area contributed by atoms with Crippen molar-refractivity contribution < 1.29 is 28.2 Å². The Hall–Kier alpha value is -3.02. The first-order valence-corrected chi connectivity index (χ1v) is 7.18. The molecular formula is C18H18O6. The van der Waals surface area contributed by atoms with E-state index in [-0.39, 0.29) is 5.75 Å². The van der Waals surface area contributed by atoms with Gasteiger partial charge in [0, 0.05) is 6.08 Å². The van der Waals surface area contributed by atoms with E-state index < -0.39 is 11.9 Å². The summed E-state index contributed by atoms with van der Waals surface area (Å²) in [6.45, 7) is 3.45. The van der Waals surface area contributed by atoms with Crippen molar-refractivity contribution in [3.63, 3.8) is 0 Å². The number of methoxy groups -OCH3 is 2. The quantitative estimate of drug-likeness (QED) is 0.476. The molecule has 0 unspecified atom stereocenters. The van der Waals surface area contributed by atoms with Crippen LogP contribution >= 0.6 is 0 Å². The second kappa shape index (κ2) is 7.50. The van der Waals surface area contributed by atoms with Crippen molar-refractivity contribution in [2.45, 2.75) is 13.8 Å². The van der Waals surface area contributed by atoms with Crippen molar-refractivity contribution in [3.05, 3.63) is 53.0 Å². The van der Waals surface area contributed by atoms with Gasteiger partial charge in [0.05, 0.1) is 14.2 Å². The molecule has 1 aromatic carbocycles. The topological polar surface area (TPSA) is 75.0 Å². The van der Waals surface area contributed by atoms with Gasteiger partial charge in [0.15, 0.2) is 11.5 Å². The number of furan rings is 1. The summed E-state index contributed by atoms with van der Waals surface area (Å²) in [7, 11) is 2.77. The van der Waals surface area contributed by atoms with Crippen LogP contribution in [0.1, 0.15) is 27.4 Å². The zero-order chi connectivity index (χ0) is 17.7. The molecule has 0 spiro atoms. The summed E-state index contributed by atoms with van der Waals surface area (Å²) in [4.78, 5) is 23.4. The molecule has 0 aliphatic rings. The number of aryl methyl sites for hydroxylation is 2. The number of carbonyl (C=O) groups is 2. The van der Waals surface area contributed by atoms with Crippen molar-refractivity contribution in [2.24, 2.45) is 0 Å². The van der Waals surface area contributed by atoms with Crippen LogP contribution in [-0.2, 0) is 9.53 Å². The Morgan fingerprint density at radius 1 is 1.08 bits per heavy atom. The van der Waals surface area contributed by atoms with Gasteiger partial charge in [-0.25, -0.2) is 9.59 Å². The van der Waals surface area contributed by atoms with Gasteiger partial charge in [-0.15, -0.1) is 0 Å². The highest BCUT2D eigenvalue weighted by molar-refractivity contribution is 5.92. The van der Waals surface area contributed by atoms with Crippen LogP contribution in [0.25, 0.3) is 6.08 Å². The molecule has 0 saturated heterocycles. The van der Waals surface area contributed by atoms with Crippen LogP contribution in [0.2, 0.25) is 0 Å².